The van der Waals surface area contributed by atoms with Gasteiger partial charge < -0.3 is 9.47 Å². The molecule has 0 aliphatic carbocycles. The summed E-state index contributed by atoms with van der Waals surface area (Å²) in [6, 6.07) is 18.8. The zero-order valence-electron chi connectivity index (χ0n) is 22.8. The first kappa shape index (κ1) is 29.9. The van der Waals surface area contributed by atoms with Gasteiger partial charge in [0.05, 0.1) is 27.4 Å². The van der Waals surface area contributed by atoms with Gasteiger partial charge in [-0.05, 0) is 80.4 Å². The zero-order valence-corrected chi connectivity index (χ0v) is 22.8. The summed E-state index contributed by atoms with van der Waals surface area (Å²) in [4.78, 5) is 35.5. The lowest BCUT2D eigenvalue weighted by Gasteiger charge is -2.25. The molecule has 0 aliphatic heterocycles. The van der Waals surface area contributed by atoms with Crippen LogP contribution < -0.4 is 15.6 Å². The van der Waals surface area contributed by atoms with E-state index in [0.717, 1.165) is 17.9 Å². The number of esters is 1. The molecule has 0 spiro atoms. The number of nitro groups is 1. The molecular weight excluding hydrogens is 514 g/mol. The van der Waals surface area contributed by atoms with Crippen LogP contribution in [0.15, 0.2) is 83.0 Å². The number of hydrogen-bond acceptors (Lipinski definition) is 9. The number of carbonyl (C=O) groups excluding carboxylic acids is 2. The summed E-state index contributed by atoms with van der Waals surface area (Å²) in [6.45, 7) is 6.27. The van der Waals surface area contributed by atoms with Crippen molar-refractivity contribution in [2.24, 2.45) is 21.5 Å². The SMILES string of the molecule is CCCC(C)(CC)C(=O)OCCOc1ccc(C(=O)N(N)c2ccc(N=Nc3ccc([N+](=O)[O-])cc3)cc2)cc1. The molecule has 3 aromatic carbocycles. The maximum absolute atomic E-state index is 12.9. The fourth-order valence-electron chi connectivity index (χ4n) is 3.83. The second-order valence-corrected chi connectivity index (χ2v) is 9.34. The lowest BCUT2D eigenvalue weighted by Crippen LogP contribution is -2.37. The maximum atomic E-state index is 12.9. The van der Waals surface area contributed by atoms with E-state index in [1.807, 2.05) is 20.8 Å². The van der Waals surface area contributed by atoms with Crippen molar-refractivity contribution in [3.63, 3.8) is 0 Å². The Kier molecular flexibility index (Phi) is 10.4. The Hall–Kier alpha value is -4.64. The molecule has 3 aromatic rings. The Balaban J connectivity index is 1.51. The van der Waals surface area contributed by atoms with Crippen LogP contribution in [0.2, 0.25) is 0 Å². The Bertz CT molecular complexity index is 1330. The fraction of sp³-hybridized carbons (Fsp3) is 0.310. The molecule has 0 aromatic heterocycles. The summed E-state index contributed by atoms with van der Waals surface area (Å²) < 4.78 is 11.0. The minimum atomic E-state index is -0.486. The molecule has 0 aliphatic rings. The minimum absolute atomic E-state index is 0.0294. The number of hydrazine groups is 1. The van der Waals surface area contributed by atoms with Crippen molar-refractivity contribution in [3.8, 4) is 5.75 Å². The third kappa shape index (κ3) is 7.93. The Morgan fingerprint density at radius 3 is 2.02 bits per heavy atom. The average molecular weight is 548 g/mol. The van der Waals surface area contributed by atoms with Crippen molar-refractivity contribution in [1.29, 1.82) is 0 Å². The minimum Gasteiger partial charge on any atom is -0.490 e. The second kappa shape index (κ2) is 13.9. The first-order chi connectivity index (χ1) is 19.2. The summed E-state index contributed by atoms with van der Waals surface area (Å²) in [5.41, 5.74) is 1.28. The highest BCUT2D eigenvalue weighted by atomic mass is 16.6. The van der Waals surface area contributed by atoms with Crippen LogP contribution in [0, 0.1) is 15.5 Å². The van der Waals surface area contributed by atoms with Crippen LogP contribution in [-0.4, -0.2) is 30.0 Å². The molecule has 1 unspecified atom stereocenters. The number of carbonyl (C=O) groups is 2. The first-order valence-corrected chi connectivity index (χ1v) is 12.9. The number of nitrogens with two attached hydrogens (primary N) is 1. The van der Waals surface area contributed by atoms with E-state index in [0.29, 0.717) is 34.8 Å². The molecule has 0 heterocycles. The normalized spacial score (nSPS) is 12.5. The summed E-state index contributed by atoms with van der Waals surface area (Å²) in [5.74, 6) is 5.95. The number of nitrogens with zero attached hydrogens (tertiary/aromatic N) is 4. The van der Waals surface area contributed by atoms with Gasteiger partial charge in [0.2, 0.25) is 0 Å². The number of anilines is 1. The van der Waals surface area contributed by atoms with Gasteiger partial charge in [-0.2, -0.15) is 10.2 Å². The van der Waals surface area contributed by atoms with Gasteiger partial charge in [0.25, 0.3) is 11.6 Å². The standard InChI is InChI=1S/C29H33N5O6/c1-4-18-29(3,5-2)28(36)40-20-19-39-26-16-6-21(7-17-26)27(35)33(30)24-12-8-22(9-13-24)31-32-23-10-14-25(15-11-23)34(37)38/h6-17H,4-5,18-20,30H2,1-3H3. The lowest BCUT2D eigenvalue weighted by molar-refractivity contribution is -0.384. The molecule has 0 fully saturated rings. The summed E-state index contributed by atoms with van der Waals surface area (Å²) in [5, 5.41) is 19.9. The largest absolute Gasteiger partial charge is 0.490 e. The fourth-order valence-corrected chi connectivity index (χ4v) is 3.83. The van der Waals surface area contributed by atoms with E-state index in [-0.39, 0.29) is 24.9 Å². The molecule has 1 amide bonds. The molecule has 40 heavy (non-hydrogen) atoms. The number of hydrogen-bond donors (Lipinski definition) is 1. The van der Waals surface area contributed by atoms with Crippen LogP contribution in [0.5, 0.6) is 5.75 Å². The molecule has 0 saturated carbocycles. The number of ether oxygens (including phenoxy) is 2. The van der Waals surface area contributed by atoms with Crippen molar-refractivity contribution in [3.05, 3.63) is 88.5 Å². The molecule has 11 heteroatoms. The third-order valence-corrected chi connectivity index (χ3v) is 6.45. The quantitative estimate of drug-likeness (QED) is 0.0477. The summed E-state index contributed by atoms with van der Waals surface area (Å²) >= 11 is 0. The highest BCUT2D eigenvalue weighted by Crippen LogP contribution is 2.29. The van der Waals surface area contributed by atoms with Gasteiger partial charge in [-0.25, -0.2) is 10.9 Å². The highest BCUT2D eigenvalue weighted by Gasteiger charge is 2.31. The van der Waals surface area contributed by atoms with Crippen LogP contribution >= 0.6 is 0 Å². The van der Waals surface area contributed by atoms with Gasteiger partial charge in [0, 0.05) is 17.7 Å². The molecule has 11 nitrogen and oxygen atoms in total. The number of nitro benzene ring substituents is 1. The van der Waals surface area contributed by atoms with Gasteiger partial charge in [-0.15, -0.1) is 0 Å². The number of amides is 1. The molecule has 0 bridgehead atoms. The molecular formula is C29H33N5O6. The predicted octanol–water partition coefficient (Wildman–Crippen LogP) is 6.67. The Morgan fingerprint density at radius 1 is 0.925 bits per heavy atom. The van der Waals surface area contributed by atoms with Crippen LogP contribution in [0.25, 0.3) is 0 Å². The van der Waals surface area contributed by atoms with Gasteiger partial charge in [-0.3, -0.25) is 19.7 Å². The van der Waals surface area contributed by atoms with Gasteiger partial charge in [0.15, 0.2) is 0 Å². The van der Waals surface area contributed by atoms with Crippen LogP contribution in [0.1, 0.15) is 50.4 Å². The van der Waals surface area contributed by atoms with Crippen molar-refractivity contribution < 1.29 is 24.0 Å². The van der Waals surface area contributed by atoms with E-state index in [1.165, 1.54) is 24.3 Å². The number of azo groups is 1. The van der Waals surface area contributed by atoms with E-state index in [9.17, 15) is 19.7 Å². The number of rotatable bonds is 13. The topological polar surface area (TPSA) is 150 Å². The van der Waals surface area contributed by atoms with Gasteiger partial charge >= 0.3 is 5.97 Å². The number of non-ortho nitro benzene ring substituents is 1. The van der Waals surface area contributed by atoms with Crippen molar-refractivity contribution in [2.75, 3.05) is 18.2 Å². The third-order valence-electron chi connectivity index (χ3n) is 6.45. The lowest BCUT2D eigenvalue weighted by atomic mass is 9.83. The average Bonchev–Trinajstić information content (AvgIpc) is 2.98. The van der Waals surface area contributed by atoms with Crippen LogP contribution in [-0.2, 0) is 9.53 Å². The summed E-state index contributed by atoms with van der Waals surface area (Å²) in [7, 11) is 0. The molecule has 3 rings (SSSR count). The predicted molar refractivity (Wildman–Crippen MR) is 151 cm³/mol. The van der Waals surface area contributed by atoms with Crippen molar-refractivity contribution >= 4 is 34.6 Å². The molecule has 0 radical (unpaired) electrons. The Labute approximate surface area is 232 Å². The van der Waals surface area contributed by atoms with Crippen LogP contribution in [0.4, 0.5) is 22.7 Å². The maximum Gasteiger partial charge on any atom is 0.311 e. The van der Waals surface area contributed by atoms with Gasteiger partial charge in [0.1, 0.15) is 19.0 Å². The number of benzene rings is 3. The van der Waals surface area contributed by atoms with Crippen molar-refractivity contribution in [1.82, 2.24) is 0 Å². The van der Waals surface area contributed by atoms with Crippen molar-refractivity contribution in [2.45, 2.75) is 40.0 Å². The van der Waals surface area contributed by atoms with E-state index < -0.39 is 16.2 Å². The van der Waals surface area contributed by atoms with Crippen LogP contribution in [0.3, 0.4) is 0 Å². The smallest absolute Gasteiger partial charge is 0.311 e. The first-order valence-electron chi connectivity index (χ1n) is 12.9. The molecule has 2 N–H and O–H groups in total. The summed E-state index contributed by atoms with van der Waals surface area (Å²) in [6.07, 6.45) is 2.40. The molecule has 0 saturated heterocycles. The highest BCUT2D eigenvalue weighted by molar-refractivity contribution is 6.05. The van der Waals surface area contributed by atoms with Gasteiger partial charge in [-0.1, -0.05) is 20.3 Å². The van der Waals surface area contributed by atoms with E-state index in [1.54, 1.807) is 48.5 Å². The zero-order chi connectivity index (χ0) is 29.1. The van der Waals surface area contributed by atoms with E-state index in [2.05, 4.69) is 10.2 Å². The monoisotopic (exact) mass is 547 g/mol. The van der Waals surface area contributed by atoms with E-state index >= 15 is 0 Å². The molecule has 210 valence electrons. The molecule has 1 atom stereocenters. The second-order valence-electron chi connectivity index (χ2n) is 9.34. The van der Waals surface area contributed by atoms with E-state index in [4.69, 9.17) is 15.3 Å². The Morgan fingerprint density at radius 2 is 1.50 bits per heavy atom.